The minimum Gasteiger partial charge on any atom is -0.385 e. The minimum atomic E-state index is -0.522. The number of nitrogens with zero attached hydrogens (tertiary/aromatic N) is 1. The molecule has 0 amide bonds. The Morgan fingerprint density at radius 2 is 2.21 bits per heavy atom. The normalized spacial score (nSPS) is 13.8. The summed E-state index contributed by atoms with van der Waals surface area (Å²) in [7, 11) is 1.57. The molecule has 19 heavy (non-hydrogen) atoms. The van der Waals surface area contributed by atoms with Gasteiger partial charge in [-0.25, -0.2) is 0 Å². The van der Waals surface area contributed by atoms with E-state index in [1.807, 2.05) is 0 Å². The molecule has 0 spiro atoms. The van der Waals surface area contributed by atoms with E-state index in [0.717, 1.165) is 0 Å². The van der Waals surface area contributed by atoms with Crippen molar-refractivity contribution in [2.24, 2.45) is 11.7 Å². The lowest BCUT2D eigenvalue weighted by Gasteiger charge is -2.18. The molecular weight excluding hydrogens is 248 g/mol. The summed E-state index contributed by atoms with van der Waals surface area (Å²) in [4.78, 5) is 22.3. The summed E-state index contributed by atoms with van der Waals surface area (Å²) in [6.07, 6.45) is 0.568. The molecule has 0 saturated heterocycles. The molecule has 0 heterocycles. The van der Waals surface area contributed by atoms with Crippen molar-refractivity contribution in [1.29, 1.82) is 0 Å². The van der Waals surface area contributed by atoms with Gasteiger partial charge < -0.3 is 10.5 Å². The monoisotopic (exact) mass is 266 g/mol. The van der Waals surface area contributed by atoms with Gasteiger partial charge in [0.15, 0.2) is 5.78 Å². The van der Waals surface area contributed by atoms with Crippen molar-refractivity contribution in [2.45, 2.75) is 19.4 Å². The van der Waals surface area contributed by atoms with E-state index in [1.54, 1.807) is 20.1 Å². The predicted octanol–water partition coefficient (Wildman–Crippen LogP) is 1.78. The Labute approximate surface area is 111 Å². The highest BCUT2D eigenvalue weighted by atomic mass is 16.6. The summed E-state index contributed by atoms with van der Waals surface area (Å²) in [5.41, 5.74) is 6.13. The maximum atomic E-state index is 12.2. The van der Waals surface area contributed by atoms with Gasteiger partial charge in [0.2, 0.25) is 0 Å². The number of rotatable bonds is 7. The molecule has 0 fully saturated rings. The Morgan fingerprint density at radius 3 is 2.79 bits per heavy atom. The number of nitro benzene ring substituents is 1. The summed E-state index contributed by atoms with van der Waals surface area (Å²) >= 11 is 0. The SMILES string of the molecule is COCCC(N)C(C)C(=O)c1cccc([N+](=O)[O-])c1. The van der Waals surface area contributed by atoms with E-state index >= 15 is 0 Å². The number of hydrogen-bond donors (Lipinski definition) is 1. The molecule has 0 aliphatic heterocycles. The summed E-state index contributed by atoms with van der Waals surface area (Å²) in [6, 6.07) is 5.37. The van der Waals surface area contributed by atoms with E-state index in [1.165, 1.54) is 18.2 Å². The third-order valence-corrected chi connectivity index (χ3v) is 3.05. The molecule has 0 aromatic heterocycles. The first kappa shape index (κ1) is 15.3. The first-order valence-corrected chi connectivity index (χ1v) is 6.00. The number of ether oxygens (including phenoxy) is 1. The van der Waals surface area contributed by atoms with Crippen LogP contribution in [0.1, 0.15) is 23.7 Å². The summed E-state index contributed by atoms with van der Waals surface area (Å²) in [5.74, 6) is -0.593. The van der Waals surface area contributed by atoms with Crippen LogP contribution in [0.15, 0.2) is 24.3 Å². The van der Waals surface area contributed by atoms with Crippen molar-refractivity contribution in [3.8, 4) is 0 Å². The predicted molar refractivity (Wildman–Crippen MR) is 71.1 cm³/mol. The number of hydrogen-bond acceptors (Lipinski definition) is 5. The fourth-order valence-corrected chi connectivity index (χ4v) is 1.73. The summed E-state index contributed by atoms with van der Waals surface area (Å²) < 4.78 is 4.92. The molecule has 0 saturated carbocycles. The van der Waals surface area contributed by atoms with Crippen LogP contribution in [0.2, 0.25) is 0 Å². The first-order valence-electron chi connectivity index (χ1n) is 6.00. The van der Waals surface area contributed by atoms with Crippen LogP contribution in [0.5, 0.6) is 0 Å². The Bertz CT molecular complexity index is 462. The van der Waals surface area contributed by atoms with Gasteiger partial charge >= 0.3 is 0 Å². The van der Waals surface area contributed by atoms with Crippen LogP contribution in [-0.4, -0.2) is 30.5 Å². The van der Waals surface area contributed by atoms with E-state index in [9.17, 15) is 14.9 Å². The van der Waals surface area contributed by atoms with E-state index in [-0.39, 0.29) is 17.5 Å². The number of carbonyl (C=O) groups excluding carboxylic acids is 1. The van der Waals surface area contributed by atoms with Gasteiger partial charge in [-0.1, -0.05) is 19.1 Å². The molecule has 6 heteroatoms. The molecule has 0 aliphatic carbocycles. The van der Waals surface area contributed by atoms with Crippen molar-refractivity contribution >= 4 is 11.5 Å². The molecular formula is C13H18N2O4. The Balaban J connectivity index is 2.81. The van der Waals surface area contributed by atoms with Crippen molar-refractivity contribution < 1.29 is 14.5 Å². The van der Waals surface area contributed by atoms with Gasteiger partial charge in [0.1, 0.15) is 0 Å². The topological polar surface area (TPSA) is 95.5 Å². The second-order valence-corrected chi connectivity index (χ2v) is 4.41. The van der Waals surface area contributed by atoms with Crippen molar-refractivity contribution in [3.05, 3.63) is 39.9 Å². The first-order chi connectivity index (χ1) is 8.97. The van der Waals surface area contributed by atoms with E-state index < -0.39 is 10.8 Å². The molecule has 2 unspecified atom stereocenters. The molecule has 1 rings (SSSR count). The number of nitro groups is 1. The average Bonchev–Trinajstić information content (AvgIpc) is 2.43. The smallest absolute Gasteiger partial charge is 0.270 e. The molecule has 0 bridgehead atoms. The van der Waals surface area contributed by atoms with Gasteiger partial charge in [-0.15, -0.1) is 0 Å². The number of ketones is 1. The largest absolute Gasteiger partial charge is 0.385 e. The Morgan fingerprint density at radius 1 is 1.53 bits per heavy atom. The van der Waals surface area contributed by atoms with Gasteiger partial charge in [-0.05, 0) is 6.42 Å². The summed E-state index contributed by atoms with van der Waals surface area (Å²) in [5, 5.41) is 10.7. The fourth-order valence-electron chi connectivity index (χ4n) is 1.73. The van der Waals surface area contributed by atoms with Crippen molar-refractivity contribution in [1.82, 2.24) is 0 Å². The maximum absolute atomic E-state index is 12.2. The average molecular weight is 266 g/mol. The van der Waals surface area contributed by atoms with E-state index in [2.05, 4.69) is 0 Å². The lowest BCUT2D eigenvalue weighted by atomic mass is 9.91. The van der Waals surface area contributed by atoms with E-state index in [4.69, 9.17) is 10.5 Å². The van der Waals surface area contributed by atoms with Crippen LogP contribution in [-0.2, 0) is 4.74 Å². The quantitative estimate of drug-likeness (QED) is 0.461. The molecule has 0 radical (unpaired) electrons. The number of carbonyl (C=O) groups is 1. The highest BCUT2D eigenvalue weighted by molar-refractivity contribution is 5.98. The lowest BCUT2D eigenvalue weighted by Crippen LogP contribution is -2.34. The second kappa shape index (κ2) is 6.96. The summed E-state index contributed by atoms with van der Waals surface area (Å²) in [6.45, 7) is 2.20. The second-order valence-electron chi connectivity index (χ2n) is 4.41. The van der Waals surface area contributed by atoms with Gasteiger partial charge in [-0.3, -0.25) is 14.9 Å². The third kappa shape index (κ3) is 4.11. The van der Waals surface area contributed by atoms with Gasteiger partial charge in [0.25, 0.3) is 5.69 Å². The van der Waals surface area contributed by atoms with Crippen molar-refractivity contribution in [3.63, 3.8) is 0 Å². The Hall–Kier alpha value is -1.79. The molecule has 1 aromatic rings. The third-order valence-electron chi connectivity index (χ3n) is 3.05. The van der Waals surface area contributed by atoms with Crippen LogP contribution < -0.4 is 5.73 Å². The molecule has 6 nitrogen and oxygen atoms in total. The number of benzene rings is 1. The van der Waals surface area contributed by atoms with Crippen LogP contribution in [0.4, 0.5) is 5.69 Å². The fraction of sp³-hybridized carbons (Fsp3) is 0.462. The molecule has 0 aliphatic rings. The van der Waals surface area contributed by atoms with Gasteiger partial charge in [-0.2, -0.15) is 0 Å². The van der Waals surface area contributed by atoms with Crippen LogP contribution >= 0.6 is 0 Å². The molecule has 1 aromatic carbocycles. The van der Waals surface area contributed by atoms with Crippen molar-refractivity contribution in [2.75, 3.05) is 13.7 Å². The molecule has 2 N–H and O–H groups in total. The zero-order valence-corrected chi connectivity index (χ0v) is 11.0. The standard InChI is InChI=1S/C13H18N2O4/c1-9(12(14)6-7-19-2)13(16)10-4-3-5-11(8-10)15(17)18/h3-5,8-9,12H,6-7,14H2,1-2H3. The minimum absolute atomic E-state index is 0.0940. The number of methoxy groups -OCH3 is 1. The number of Topliss-reactive ketones (excluding diaryl/α,β-unsaturated/α-hetero) is 1. The zero-order valence-electron chi connectivity index (χ0n) is 11.0. The van der Waals surface area contributed by atoms with Crippen LogP contribution in [0, 0.1) is 16.0 Å². The maximum Gasteiger partial charge on any atom is 0.270 e. The zero-order chi connectivity index (χ0) is 14.4. The number of non-ortho nitro benzene ring substituents is 1. The van der Waals surface area contributed by atoms with Crippen LogP contribution in [0.25, 0.3) is 0 Å². The van der Waals surface area contributed by atoms with Crippen LogP contribution in [0.3, 0.4) is 0 Å². The number of nitrogens with two attached hydrogens (primary N) is 1. The molecule has 2 atom stereocenters. The van der Waals surface area contributed by atoms with E-state index in [0.29, 0.717) is 18.6 Å². The van der Waals surface area contributed by atoms with Gasteiger partial charge in [0.05, 0.1) is 4.92 Å². The molecule has 104 valence electrons. The lowest BCUT2D eigenvalue weighted by molar-refractivity contribution is -0.384. The van der Waals surface area contributed by atoms with Gasteiger partial charge in [0, 0.05) is 43.4 Å². The Kier molecular flexibility index (Phi) is 5.59. The highest BCUT2D eigenvalue weighted by Crippen LogP contribution is 2.18. The highest BCUT2D eigenvalue weighted by Gasteiger charge is 2.23.